The first-order chi connectivity index (χ1) is 8.30. The number of nitrogens with two attached hydrogens (primary N) is 2. The minimum atomic E-state index is -3.75. The lowest BCUT2D eigenvalue weighted by Gasteiger charge is -2.10. The highest BCUT2D eigenvalue weighted by Crippen LogP contribution is 2.23. The second-order valence-corrected chi connectivity index (χ2v) is 5.61. The van der Waals surface area contributed by atoms with E-state index in [0.29, 0.717) is 11.4 Å². The van der Waals surface area contributed by atoms with Gasteiger partial charge in [0.15, 0.2) is 0 Å². The minimum Gasteiger partial charge on any atom is -0.397 e. The number of primary sulfonamides is 1. The van der Waals surface area contributed by atoms with Gasteiger partial charge in [-0.15, -0.1) is 0 Å². The smallest absolute Gasteiger partial charge is 0.238 e. The number of nitrogens with zero attached hydrogens (tertiary/aromatic N) is 2. The van der Waals surface area contributed by atoms with Crippen LogP contribution in [0, 0.1) is 13.8 Å². The topological polar surface area (TPSA) is 104 Å². The van der Waals surface area contributed by atoms with E-state index in [2.05, 4.69) is 4.98 Å². The zero-order chi connectivity index (χ0) is 13.5. The largest absolute Gasteiger partial charge is 0.397 e. The molecule has 18 heavy (non-hydrogen) atoms. The summed E-state index contributed by atoms with van der Waals surface area (Å²) in [7, 11) is -3.75. The third-order valence-electron chi connectivity index (χ3n) is 2.84. The molecule has 0 radical (unpaired) electrons. The van der Waals surface area contributed by atoms with Gasteiger partial charge in [-0.05, 0) is 32.0 Å². The van der Waals surface area contributed by atoms with Crippen molar-refractivity contribution in [1.82, 2.24) is 9.55 Å². The number of rotatable bonds is 2. The van der Waals surface area contributed by atoms with Gasteiger partial charge < -0.3 is 10.3 Å². The molecule has 0 aliphatic rings. The number of sulfonamides is 1. The van der Waals surface area contributed by atoms with E-state index in [1.165, 1.54) is 18.2 Å². The van der Waals surface area contributed by atoms with Gasteiger partial charge in [0, 0.05) is 5.69 Å². The van der Waals surface area contributed by atoms with Crippen LogP contribution in [0.25, 0.3) is 5.69 Å². The molecule has 0 amide bonds. The van der Waals surface area contributed by atoms with Crippen LogP contribution in [0.4, 0.5) is 5.69 Å². The minimum absolute atomic E-state index is 0.0254. The highest BCUT2D eigenvalue weighted by atomic mass is 32.2. The van der Waals surface area contributed by atoms with Gasteiger partial charge in [-0.25, -0.2) is 18.5 Å². The zero-order valence-corrected chi connectivity index (χ0v) is 10.9. The van der Waals surface area contributed by atoms with Crippen LogP contribution in [-0.4, -0.2) is 18.0 Å². The van der Waals surface area contributed by atoms with Crippen LogP contribution >= 0.6 is 0 Å². The van der Waals surface area contributed by atoms with Crippen molar-refractivity contribution < 1.29 is 8.42 Å². The first kappa shape index (κ1) is 12.6. The third-order valence-corrected chi connectivity index (χ3v) is 3.75. The van der Waals surface area contributed by atoms with Crippen LogP contribution in [-0.2, 0) is 10.0 Å². The lowest BCUT2D eigenvalue weighted by Crippen LogP contribution is -2.13. The van der Waals surface area contributed by atoms with Crippen LogP contribution in [0.2, 0.25) is 0 Å². The summed E-state index contributed by atoms with van der Waals surface area (Å²) in [6.45, 7) is 3.75. The second kappa shape index (κ2) is 4.11. The molecule has 2 aromatic rings. The molecule has 0 bridgehead atoms. The third kappa shape index (κ3) is 2.09. The van der Waals surface area contributed by atoms with Crippen LogP contribution in [0.5, 0.6) is 0 Å². The molecule has 0 aliphatic heterocycles. The molecule has 2 rings (SSSR count). The average Bonchev–Trinajstić information content (AvgIpc) is 2.59. The van der Waals surface area contributed by atoms with Gasteiger partial charge in [-0.2, -0.15) is 0 Å². The molecular formula is C11H14N4O2S. The fourth-order valence-corrected chi connectivity index (χ4v) is 2.18. The van der Waals surface area contributed by atoms with Crippen molar-refractivity contribution in [2.75, 3.05) is 5.73 Å². The number of aryl methyl sites for hydroxylation is 1. The molecule has 1 aromatic carbocycles. The average molecular weight is 266 g/mol. The molecule has 4 N–H and O–H groups in total. The van der Waals surface area contributed by atoms with E-state index in [9.17, 15) is 8.42 Å². The number of aromatic nitrogens is 2. The Kier molecular flexibility index (Phi) is 2.88. The molecule has 0 saturated carbocycles. The van der Waals surface area contributed by atoms with Gasteiger partial charge in [-0.3, -0.25) is 0 Å². The molecule has 0 fully saturated rings. The van der Waals surface area contributed by atoms with Gasteiger partial charge in [0.2, 0.25) is 10.0 Å². The van der Waals surface area contributed by atoms with E-state index in [1.807, 2.05) is 13.8 Å². The van der Waals surface area contributed by atoms with E-state index < -0.39 is 10.0 Å². The maximum absolute atomic E-state index is 11.3. The SMILES string of the molecule is Cc1ncn(-c2cc(S(N)(=O)=O)ccc2N)c1C. The van der Waals surface area contributed by atoms with Crippen molar-refractivity contribution in [2.24, 2.45) is 5.14 Å². The van der Waals surface area contributed by atoms with Crippen LogP contribution in [0.1, 0.15) is 11.4 Å². The van der Waals surface area contributed by atoms with Crippen molar-refractivity contribution in [3.05, 3.63) is 35.9 Å². The van der Waals surface area contributed by atoms with Crippen LogP contribution in [0.3, 0.4) is 0 Å². The maximum Gasteiger partial charge on any atom is 0.238 e. The molecule has 6 nitrogen and oxygen atoms in total. The summed E-state index contributed by atoms with van der Waals surface area (Å²) in [4.78, 5) is 4.18. The Morgan fingerprint density at radius 2 is 1.94 bits per heavy atom. The maximum atomic E-state index is 11.3. The summed E-state index contributed by atoms with van der Waals surface area (Å²) in [5, 5.41) is 5.10. The highest BCUT2D eigenvalue weighted by molar-refractivity contribution is 7.89. The number of imidazole rings is 1. The van der Waals surface area contributed by atoms with Gasteiger partial charge in [0.1, 0.15) is 0 Å². The molecular weight excluding hydrogens is 252 g/mol. The van der Waals surface area contributed by atoms with Gasteiger partial charge in [0.05, 0.1) is 28.3 Å². The Bertz CT molecular complexity index is 704. The Hall–Kier alpha value is -1.86. The van der Waals surface area contributed by atoms with Crippen molar-refractivity contribution in [1.29, 1.82) is 0 Å². The summed E-state index contributed by atoms with van der Waals surface area (Å²) < 4.78 is 24.4. The highest BCUT2D eigenvalue weighted by Gasteiger charge is 2.13. The Morgan fingerprint density at radius 3 is 2.44 bits per heavy atom. The van der Waals surface area contributed by atoms with E-state index >= 15 is 0 Å². The van der Waals surface area contributed by atoms with Gasteiger partial charge >= 0.3 is 0 Å². The molecule has 1 aromatic heterocycles. The summed E-state index contributed by atoms with van der Waals surface area (Å²) in [5.74, 6) is 0. The van der Waals surface area contributed by atoms with Gasteiger partial charge in [-0.1, -0.05) is 0 Å². The molecule has 0 saturated heterocycles. The zero-order valence-electron chi connectivity index (χ0n) is 10.1. The van der Waals surface area contributed by atoms with Gasteiger partial charge in [0.25, 0.3) is 0 Å². The number of nitrogen functional groups attached to an aromatic ring is 1. The molecule has 1 heterocycles. The summed E-state index contributed by atoms with van der Waals surface area (Å²) in [6.07, 6.45) is 1.60. The van der Waals surface area contributed by atoms with Crippen molar-refractivity contribution in [3.8, 4) is 5.69 Å². The summed E-state index contributed by atoms with van der Waals surface area (Å²) in [6, 6.07) is 4.34. The number of anilines is 1. The number of benzene rings is 1. The lowest BCUT2D eigenvalue weighted by molar-refractivity contribution is 0.597. The van der Waals surface area contributed by atoms with Crippen molar-refractivity contribution in [2.45, 2.75) is 18.7 Å². The van der Waals surface area contributed by atoms with Crippen molar-refractivity contribution in [3.63, 3.8) is 0 Å². The van der Waals surface area contributed by atoms with E-state index in [0.717, 1.165) is 11.4 Å². The molecule has 0 spiro atoms. The molecule has 7 heteroatoms. The molecule has 0 atom stereocenters. The fraction of sp³-hybridized carbons (Fsp3) is 0.182. The molecule has 96 valence electrons. The Balaban J connectivity index is 2.68. The normalized spacial score (nSPS) is 11.7. The number of hydrogen-bond donors (Lipinski definition) is 2. The predicted octanol–water partition coefficient (Wildman–Crippen LogP) is 0.719. The van der Waals surface area contributed by atoms with Crippen molar-refractivity contribution >= 4 is 15.7 Å². The fourth-order valence-electron chi connectivity index (χ4n) is 1.65. The molecule has 0 aliphatic carbocycles. The Labute approximate surface area is 105 Å². The number of hydrogen-bond acceptors (Lipinski definition) is 4. The quantitative estimate of drug-likeness (QED) is 0.781. The standard InChI is InChI=1S/C11H14N4O2S/c1-7-8(2)15(6-14-7)11-5-9(18(13,16)17)3-4-10(11)12/h3-6H,12H2,1-2H3,(H2,13,16,17). The summed E-state index contributed by atoms with van der Waals surface area (Å²) >= 11 is 0. The van der Waals surface area contributed by atoms with Crippen LogP contribution in [0.15, 0.2) is 29.4 Å². The Morgan fingerprint density at radius 1 is 1.28 bits per heavy atom. The molecule has 0 unspecified atom stereocenters. The van der Waals surface area contributed by atoms with E-state index in [-0.39, 0.29) is 4.90 Å². The first-order valence-corrected chi connectivity index (χ1v) is 6.78. The first-order valence-electron chi connectivity index (χ1n) is 5.24. The van der Waals surface area contributed by atoms with E-state index in [1.54, 1.807) is 10.9 Å². The van der Waals surface area contributed by atoms with Crippen LogP contribution < -0.4 is 10.9 Å². The second-order valence-electron chi connectivity index (χ2n) is 4.05. The lowest BCUT2D eigenvalue weighted by atomic mass is 10.2. The monoisotopic (exact) mass is 266 g/mol. The predicted molar refractivity (Wildman–Crippen MR) is 68.8 cm³/mol. The van der Waals surface area contributed by atoms with E-state index in [4.69, 9.17) is 10.9 Å². The summed E-state index contributed by atoms with van der Waals surface area (Å²) in [5.41, 5.74) is 8.63.